The van der Waals surface area contributed by atoms with Crippen LogP contribution in [0.4, 0.5) is 5.69 Å². The minimum Gasteiger partial charge on any atom is -0.492 e. The molecule has 0 aliphatic carbocycles. The number of likely N-dealkylation sites (N-methyl/N-ethyl adjacent to an activating group) is 1. The van der Waals surface area contributed by atoms with Gasteiger partial charge in [0.2, 0.25) is 0 Å². The van der Waals surface area contributed by atoms with Crippen LogP contribution in [0.5, 0.6) is 5.75 Å². The summed E-state index contributed by atoms with van der Waals surface area (Å²) in [4.78, 5) is 2.37. The zero-order chi connectivity index (χ0) is 14.2. The van der Waals surface area contributed by atoms with Gasteiger partial charge in [0, 0.05) is 18.8 Å². The molecular weight excluding hydrogens is 248 g/mol. The third-order valence-electron chi connectivity index (χ3n) is 3.25. The topological polar surface area (TPSA) is 38.5 Å². The molecule has 0 aliphatic heterocycles. The van der Waals surface area contributed by atoms with Gasteiger partial charge in [0.1, 0.15) is 12.4 Å². The Balaban J connectivity index is 1.78. The van der Waals surface area contributed by atoms with Crippen molar-refractivity contribution in [2.24, 2.45) is 0 Å². The lowest BCUT2D eigenvalue weighted by atomic mass is 10.2. The van der Waals surface area contributed by atoms with Crippen LogP contribution in [0.15, 0.2) is 54.6 Å². The number of hydrogen-bond donors (Lipinski definition) is 1. The minimum absolute atomic E-state index is 0.685. The number of benzene rings is 2. The molecule has 0 fully saturated rings. The average Bonchev–Trinajstić information content (AvgIpc) is 2.49. The van der Waals surface area contributed by atoms with Crippen LogP contribution in [-0.2, 0) is 6.54 Å². The van der Waals surface area contributed by atoms with Crippen LogP contribution in [0.3, 0.4) is 0 Å². The molecule has 2 N–H and O–H groups in total. The van der Waals surface area contributed by atoms with E-state index in [1.807, 2.05) is 30.3 Å². The van der Waals surface area contributed by atoms with Gasteiger partial charge in [0.25, 0.3) is 0 Å². The first kappa shape index (κ1) is 14.4. The standard InChI is InChI=1S/C17H22N2O/c1-2-19(14-15-6-4-3-5-7-15)12-13-20-17-10-8-16(18)9-11-17/h3-11H,2,12-14,18H2,1H3. The Hall–Kier alpha value is -2.00. The summed E-state index contributed by atoms with van der Waals surface area (Å²) in [6.07, 6.45) is 0. The van der Waals surface area contributed by atoms with Crippen molar-refractivity contribution in [3.05, 3.63) is 60.2 Å². The largest absolute Gasteiger partial charge is 0.492 e. The average molecular weight is 270 g/mol. The van der Waals surface area contributed by atoms with Crippen LogP contribution in [0, 0.1) is 0 Å². The van der Waals surface area contributed by atoms with Crippen LogP contribution in [0.2, 0.25) is 0 Å². The third-order valence-corrected chi connectivity index (χ3v) is 3.25. The normalized spacial score (nSPS) is 10.7. The Labute approximate surface area is 121 Å². The summed E-state index contributed by atoms with van der Waals surface area (Å²) in [5, 5.41) is 0. The molecular formula is C17H22N2O. The van der Waals surface area contributed by atoms with Crippen molar-refractivity contribution in [3.8, 4) is 5.75 Å². The van der Waals surface area contributed by atoms with E-state index in [1.54, 1.807) is 0 Å². The summed E-state index contributed by atoms with van der Waals surface area (Å²) in [5.74, 6) is 0.870. The number of nitrogens with zero attached hydrogens (tertiary/aromatic N) is 1. The van der Waals surface area contributed by atoms with E-state index >= 15 is 0 Å². The second-order valence-corrected chi connectivity index (χ2v) is 4.77. The summed E-state index contributed by atoms with van der Waals surface area (Å²) >= 11 is 0. The summed E-state index contributed by atoms with van der Waals surface area (Å²) in [5.41, 5.74) is 7.74. The smallest absolute Gasteiger partial charge is 0.119 e. The number of ether oxygens (including phenoxy) is 1. The lowest BCUT2D eigenvalue weighted by Crippen LogP contribution is -2.27. The molecule has 0 atom stereocenters. The predicted octanol–water partition coefficient (Wildman–Crippen LogP) is 3.17. The molecule has 0 unspecified atom stereocenters. The molecule has 0 aromatic heterocycles. The molecule has 0 bridgehead atoms. The lowest BCUT2D eigenvalue weighted by Gasteiger charge is -2.20. The van der Waals surface area contributed by atoms with E-state index in [2.05, 4.69) is 36.1 Å². The second kappa shape index (κ2) is 7.56. The Kier molecular flexibility index (Phi) is 5.44. The maximum atomic E-state index is 5.73. The van der Waals surface area contributed by atoms with E-state index in [4.69, 9.17) is 10.5 Å². The van der Waals surface area contributed by atoms with Gasteiger partial charge in [-0.1, -0.05) is 37.3 Å². The van der Waals surface area contributed by atoms with E-state index in [1.165, 1.54) is 5.56 Å². The zero-order valence-electron chi connectivity index (χ0n) is 12.0. The Morgan fingerprint density at radius 2 is 1.70 bits per heavy atom. The van der Waals surface area contributed by atoms with Crippen LogP contribution in [-0.4, -0.2) is 24.6 Å². The number of anilines is 1. The van der Waals surface area contributed by atoms with Gasteiger partial charge in [-0.05, 0) is 36.4 Å². The fourth-order valence-corrected chi connectivity index (χ4v) is 2.05. The van der Waals surface area contributed by atoms with Gasteiger partial charge in [-0.15, -0.1) is 0 Å². The minimum atomic E-state index is 0.685. The quantitative estimate of drug-likeness (QED) is 0.785. The Morgan fingerprint density at radius 3 is 2.35 bits per heavy atom. The summed E-state index contributed by atoms with van der Waals surface area (Å²) in [7, 11) is 0. The lowest BCUT2D eigenvalue weighted by molar-refractivity contribution is 0.210. The first-order chi connectivity index (χ1) is 9.78. The number of nitrogen functional groups attached to an aromatic ring is 1. The highest BCUT2D eigenvalue weighted by Gasteiger charge is 2.03. The number of nitrogens with two attached hydrogens (primary N) is 1. The molecule has 20 heavy (non-hydrogen) atoms. The SMILES string of the molecule is CCN(CCOc1ccc(N)cc1)Cc1ccccc1. The highest BCUT2D eigenvalue weighted by atomic mass is 16.5. The van der Waals surface area contributed by atoms with Crippen LogP contribution < -0.4 is 10.5 Å². The van der Waals surface area contributed by atoms with Crippen molar-refractivity contribution in [2.45, 2.75) is 13.5 Å². The molecule has 0 aliphatic rings. The van der Waals surface area contributed by atoms with E-state index in [0.717, 1.165) is 31.1 Å². The molecule has 2 rings (SSSR count). The second-order valence-electron chi connectivity index (χ2n) is 4.77. The van der Waals surface area contributed by atoms with Crippen molar-refractivity contribution in [1.29, 1.82) is 0 Å². The van der Waals surface area contributed by atoms with Gasteiger partial charge in [0.05, 0.1) is 0 Å². The summed E-state index contributed by atoms with van der Waals surface area (Å²) in [6, 6.07) is 18.0. The van der Waals surface area contributed by atoms with E-state index in [-0.39, 0.29) is 0 Å². The van der Waals surface area contributed by atoms with E-state index < -0.39 is 0 Å². The zero-order valence-corrected chi connectivity index (χ0v) is 12.0. The predicted molar refractivity (Wildman–Crippen MR) is 83.7 cm³/mol. The van der Waals surface area contributed by atoms with Crippen LogP contribution in [0.25, 0.3) is 0 Å². The van der Waals surface area contributed by atoms with Gasteiger partial charge < -0.3 is 10.5 Å². The van der Waals surface area contributed by atoms with Crippen molar-refractivity contribution in [3.63, 3.8) is 0 Å². The number of rotatable bonds is 7. The first-order valence-electron chi connectivity index (χ1n) is 7.02. The Bertz CT molecular complexity index is 496. The van der Waals surface area contributed by atoms with Gasteiger partial charge in [-0.3, -0.25) is 4.90 Å². The van der Waals surface area contributed by atoms with Crippen molar-refractivity contribution >= 4 is 5.69 Å². The van der Waals surface area contributed by atoms with Gasteiger partial charge >= 0.3 is 0 Å². The van der Waals surface area contributed by atoms with Crippen LogP contribution >= 0.6 is 0 Å². The fraction of sp³-hybridized carbons (Fsp3) is 0.294. The van der Waals surface area contributed by atoms with Gasteiger partial charge in [-0.2, -0.15) is 0 Å². The van der Waals surface area contributed by atoms with Crippen molar-refractivity contribution in [2.75, 3.05) is 25.4 Å². The maximum absolute atomic E-state index is 5.73. The molecule has 2 aromatic carbocycles. The van der Waals surface area contributed by atoms with Crippen molar-refractivity contribution < 1.29 is 4.74 Å². The van der Waals surface area contributed by atoms with Gasteiger partial charge in [-0.25, -0.2) is 0 Å². The molecule has 0 heterocycles. The monoisotopic (exact) mass is 270 g/mol. The molecule has 0 amide bonds. The molecule has 3 heteroatoms. The van der Waals surface area contributed by atoms with E-state index in [0.29, 0.717) is 6.61 Å². The molecule has 2 aromatic rings. The molecule has 0 radical (unpaired) electrons. The van der Waals surface area contributed by atoms with Crippen molar-refractivity contribution in [1.82, 2.24) is 4.90 Å². The molecule has 3 nitrogen and oxygen atoms in total. The molecule has 106 valence electrons. The Morgan fingerprint density at radius 1 is 1.00 bits per heavy atom. The maximum Gasteiger partial charge on any atom is 0.119 e. The summed E-state index contributed by atoms with van der Waals surface area (Å²) < 4.78 is 5.73. The third kappa shape index (κ3) is 4.59. The molecule has 0 spiro atoms. The number of hydrogen-bond acceptors (Lipinski definition) is 3. The highest BCUT2D eigenvalue weighted by Crippen LogP contribution is 2.13. The first-order valence-corrected chi connectivity index (χ1v) is 7.02. The molecule has 0 saturated heterocycles. The van der Waals surface area contributed by atoms with Crippen LogP contribution in [0.1, 0.15) is 12.5 Å². The highest BCUT2D eigenvalue weighted by molar-refractivity contribution is 5.41. The molecule has 0 saturated carbocycles. The van der Waals surface area contributed by atoms with E-state index in [9.17, 15) is 0 Å². The summed E-state index contributed by atoms with van der Waals surface area (Å²) in [6.45, 7) is 5.74. The fourth-order valence-electron chi connectivity index (χ4n) is 2.05. The van der Waals surface area contributed by atoms with Gasteiger partial charge in [0.15, 0.2) is 0 Å².